The number of hydrogen-bond donors (Lipinski definition) is 2. The first-order chi connectivity index (χ1) is 7.13. The number of Topliss-reactive ketones (excluding diaryl/α,β-unsaturated/α-hetero) is 1. The number of nitrogens with zero attached hydrogens (tertiary/aromatic N) is 1. The van der Waals surface area contributed by atoms with Gasteiger partial charge in [-0.25, -0.2) is 4.98 Å². The Morgan fingerprint density at radius 3 is 2.80 bits per heavy atom. The van der Waals surface area contributed by atoms with Gasteiger partial charge in [0.05, 0.1) is 18.1 Å². The molecule has 0 spiro atoms. The van der Waals surface area contributed by atoms with E-state index in [2.05, 4.69) is 15.3 Å². The fraction of sp³-hybridized carbons (Fsp3) is 0.636. The summed E-state index contributed by atoms with van der Waals surface area (Å²) >= 11 is 0. The van der Waals surface area contributed by atoms with Gasteiger partial charge in [0, 0.05) is 25.1 Å². The van der Waals surface area contributed by atoms with E-state index in [0.717, 1.165) is 5.69 Å². The second-order valence-electron chi connectivity index (χ2n) is 3.96. The minimum Gasteiger partial charge on any atom is -0.351 e. The molecule has 4 nitrogen and oxygen atoms in total. The van der Waals surface area contributed by atoms with E-state index in [-0.39, 0.29) is 11.8 Å². The van der Waals surface area contributed by atoms with Crippen LogP contribution in [-0.2, 0) is 11.2 Å². The average Bonchev–Trinajstić information content (AvgIpc) is 2.67. The Hall–Kier alpha value is -1.16. The first kappa shape index (κ1) is 11.9. The van der Waals surface area contributed by atoms with E-state index in [1.54, 1.807) is 6.33 Å². The van der Waals surface area contributed by atoms with Crippen LogP contribution in [0.1, 0.15) is 32.9 Å². The molecule has 15 heavy (non-hydrogen) atoms. The maximum Gasteiger partial charge on any atom is 0.149 e. The van der Waals surface area contributed by atoms with Gasteiger partial charge in [0.2, 0.25) is 0 Å². The summed E-state index contributed by atoms with van der Waals surface area (Å²) in [6.07, 6.45) is 4.69. The van der Waals surface area contributed by atoms with Crippen LogP contribution in [0.15, 0.2) is 12.5 Å². The molecular weight excluding hydrogens is 190 g/mol. The van der Waals surface area contributed by atoms with Gasteiger partial charge in [-0.15, -0.1) is 0 Å². The predicted octanol–water partition coefficient (Wildman–Crippen LogP) is 1.30. The van der Waals surface area contributed by atoms with Crippen molar-refractivity contribution in [3.63, 3.8) is 0 Å². The maximum absolute atomic E-state index is 11.7. The van der Waals surface area contributed by atoms with Gasteiger partial charge >= 0.3 is 0 Å². The summed E-state index contributed by atoms with van der Waals surface area (Å²) in [6.45, 7) is 5.98. The van der Waals surface area contributed by atoms with Gasteiger partial charge in [-0.3, -0.25) is 4.79 Å². The van der Waals surface area contributed by atoms with Crippen molar-refractivity contribution in [1.82, 2.24) is 15.3 Å². The van der Waals surface area contributed by atoms with Crippen molar-refractivity contribution in [3.05, 3.63) is 18.2 Å². The van der Waals surface area contributed by atoms with Gasteiger partial charge in [-0.2, -0.15) is 0 Å². The molecule has 0 radical (unpaired) electrons. The number of carbonyl (C=O) groups excluding carboxylic acids is 1. The highest BCUT2D eigenvalue weighted by Crippen LogP contribution is 2.02. The minimum absolute atomic E-state index is 0.113. The average molecular weight is 209 g/mol. The van der Waals surface area contributed by atoms with Crippen molar-refractivity contribution >= 4 is 5.78 Å². The standard InChI is InChI=1S/C11H19N3O/c1-4-11(15)10(14-8(2)3)5-9-6-12-7-13-9/h6-8,10,14H,4-5H2,1-3H3,(H,12,13). The first-order valence-electron chi connectivity index (χ1n) is 5.40. The minimum atomic E-state index is -0.113. The lowest BCUT2D eigenvalue weighted by Gasteiger charge is -2.18. The second kappa shape index (κ2) is 5.66. The molecule has 0 fully saturated rings. The van der Waals surface area contributed by atoms with E-state index in [4.69, 9.17) is 0 Å². The molecule has 0 aliphatic carbocycles. The number of ketones is 1. The molecule has 0 bridgehead atoms. The zero-order valence-corrected chi connectivity index (χ0v) is 9.58. The molecular formula is C11H19N3O. The number of rotatable bonds is 6. The lowest BCUT2D eigenvalue weighted by molar-refractivity contribution is -0.120. The molecule has 1 unspecified atom stereocenters. The number of aromatic nitrogens is 2. The Morgan fingerprint density at radius 1 is 1.60 bits per heavy atom. The molecule has 0 aliphatic heterocycles. The zero-order valence-electron chi connectivity index (χ0n) is 9.58. The fourth-order valence-corrected chi connectivity index (χ4v) is 1.53. The fourth-order valence-electron chi connectivity index (χ4n) is 1.53. The largest absolute Gasteiger partial charge is 0.351 e. The molecule has 1 atom stereocenters. The third kappa shape index (κ3) is 3.83. The second-order valence-corrected chi connectivity index (χ2v) is 3.96. The van der Waals surface area contributed by atoms with Crippen LogP contribution in [0.3, 0.4) is 0 Å². The quantitative estimate of drug-likeness (QED) is 0.742. The Balaban J connectivity index is 2.60. The number of nitrogens with one attached hydrogen (secondary N) is 2. The molecule has 1 aromatic heterocycles. The molecule has 1 heterocycles. The summed E-state index contributed by atoms with van der Waals surface area (Å²) in [6, 6.07) is 0.197. The molecule has 1 aromatic rings. The molecule has 84 valence electrons. The summed E-state index contributed by atoms with van der Waals surface area (Å²) in [5.74, 6) is 0.242. The molecule has 1 rings (SSSR count). The van der Waals surface area contributed by atoms with Crippen molar-refractivity contribution in [1.29, 1.82) is 0 Å². The van der Waals surface area contributed by atoms with Crippen LogP contribution < -0.4 is 5.32 Å². The highest BCUT2D eigenvalue weighted by molar-refractivity contribution is 5.84. The third-order valence-electron chi connectivity index (χ3n) is 2.24. The molecule has 2 N–H and O–H groups in total. The predicted molar refractivity (Wildman–Crippen MR) is 59.6 cm³/mol. The smallest absolute Gasteiger partial charge is 0.149 e. The molecule has 0 aromatic carbocycles. The summed E-state index contributed by atoms with van der Waals surface area (Å²) in [7, 11) is 0. The van der Waals surface area contributed by atoms with Crippen LogP contribution >= 0.6 is 0 Å². The molecule has 4 heteroatoms. The molecule has 0 saturated heterocycles. The van der Waals surface area contributed by atoms with E-state index in [1.807, 2.05) is 27.0 Å². The van der Waals surface area contributed by atoms with E-state index in [9.17, 15) is 4.79 Å². The van der Waals surface area contributed by atoms with Gasteiger partial charge in [-0.05, 0) is 0 Å². The van der Waals surface area contributed by atoms with Gasteiger partial charge in [0.25, 0.3) is 0 Å². The van der Waals surface area contributed by atoms with Gasteiger partial charge in [0.15, 0.2) is 0 Å². The van der Waals surface area contributed by atoms with Crippen LogP contribution in [0, 0.1) is 0 Å². The first-order valence-corrected chi connectivity index (χ1v) is 5.40. The van der Waals surface area contributed by atoms with Crippen LogP contribution in [0.2, 0.25) is 0 Å². The Labute approximate surface area is 90.5 Å². The topological polar surface area (TPSA) is 57.8 Å². The van der Waals surface area contributed by atoms with E-state index in [0.29, 0.717) is 18.9 Å². The van der Waals surface area contributed by atoms with Crippen LogP contribution in [0.25, 0.3) is 0 Å². The van der Waals surface area contributed by atoms with Gasteiger partial charge < -0.3 is 10.3 Å². The summed E-state index contributed by atoms with van der Waals surface area (Å²) in [5.41, 5.74) is 0.926. The Bertz CT molecular complexity index is 293. The van der Waals surface area contributed by atoms with Crippen molar-refractivity contribution in [2.24, 2.45) is 0 Å². The van der Waals surface area contributed by atoms with Crippen molar-refractivity contribution in [3.8, 4) is 0 Å². The molecule has 0 saturated carbocycles. The number of H-pyrrole nitrogens is 1. The van der Waals surface area contributed by atoms with Crippen LogP contribution in [0.5, 0.6) is 0 Å². The van der Waals surface area contributed by atoms with Crippen LogP contribution in [0.4, 0.5) is 0 Å². The van der Waals surface area contributed by atoms with Crippen molar-refractivity contribution < 1.29 is 4.79 Å². The van der Waals surface area contributed by atoms with Crippen molar-refractivity contribution in [2.75, 3.05) is 0 Å². The summed E-state index contributed by atoms with van der Waals surface area (Å²) < 4.78 is 0. The number of imidazole rings is 1. The van der Waals surface area contributed by atoms with E-state index < -0.39 is 0 Å². The highest BCUT2D eigenvalue weighted by Gasteiger charge is 2.18. The van der Waals surface area contributed by atoms with Crippen LogP contribution in [-0.4, -0.2) is 27.8 Å². The zero-order chi connectivity index (χ0) is 11.3. The SMILES string of the molecule is CCC(=O)C(Cc1c[nH]cn1)NC(C)C. The number of hydrogen-bond acceptors (Lipinski definition) is 3. The van der Waals surface area contributed by atoms with Gasteiger partial charge in [0.1, 0.15) is 5.78 Å². The summed E-state index contributed by atoms with van der Waals surface area (Å²) in [4.78, 5) is 18.7. The summed E-state index contributed by atoms with van der Waals surface area (Å²) in [5, 5.41) is 3.27. The molecule has 0 aliphatic rings. The highest BCUT2D eigenvalue weighted by atomic mass is 16.1. The normalized spacial score (nSPS) is 13.1. The van der Waals surface area contributed by atoms with E-state index in [1.165, 1.54) is 0 Å². The number of carbonyl (C=O) groups is 1. The lowest BCUT2D eigenvalue weighted by atomic mass is 10.0. The lowest BCUT2D eigenvalue weighted by Crippen LogP contribution is -2.42. The maximum atomic E-state index is 11.7. The molecule has 0 amide bonds. The monoisotopic (exact) mass is 209 g/mol. The van der Waals surface area contributed by atoms with E-state index >= 15 is 0 Å². The van der Waals surface area contributed by atoms with Gasteiger partial charge in [-0.1, -0.05) is 20.8 Å². The third-order valence-corrected chi connectivity index (χ3v) is 2.24. The van der Waals surface area contributed by atoms with Crippen molar-refractivity contribution in [2.45, 2.75) is 45.7 Å². The Kier molecular flexibility index (Phi) is 4.49. The number of aromatic amines is 1. The Morgan fingerprint density at radius 2 is 2.33 bits per heavy atom.